The fourth-order valence-electron chi connectivity index (χ4n) is 4.52. The minimum absolute atomic E-state index is 0.0114. The minimum Gasteiger partial charge on any atom is -0.494 e. The van der Waals surface area contributed by atoms with Crippen molar-refractivity contribution in [2.24, 2.45) is 5.11 Å². The number of fused-ring (bicyclic) bond motifs is 2. The van der Waals surface area contributed by atoms with Gasteiger partial charge in [-0.05, 0) is 56.3 Å². The standard InChI is InChI=1S/C24H22N4O5S/c1-3-33-24(31)16-11-28(12-4-5-12)20-14(21(16)29)7-6-13(23(20)32-2)19-10-15-18(34-19)9-8-17(22(15)30)26-27-25/h6-7,10-12,17H,3-5,8-9H2,1-2H3. The Morgan fingerprint density at radius 2 is 2.06 bits per heavy atom. The van der Waals surface area contributed by atoms with E-state index in [0.717, 1.165) is 28.2 Å². The first kappa shape index (κ1) is 22.2. The second kappa shape index (κ2) is 8.62. The third kappa shape index (κ3) is 3.55. The molecule has 0 bridgehead atoms. The van der Waals surface area contributed by atoms with Crippen LogP contribution in [0.25, 0.3) is 31.8 Å². The fraction of sp³-hybridized carbons (Fsp3) is 0.375. The lowest BCUT2D eigenvalue weighted by Gasteiger charge is -2.17. The summed E-state index contributed by atoms with van der Waals surface area (Å²) in [7, 11) is 1.55. The number of carbonyl (C=O) groups excluding carboxylic acids is 2. The summed E-state index contributed by atoms with van der Waals surface area (Å²) in [6.45, 7) is 1.89. The third-order valence-corrected chi connectivity index (χ3v) is 7.49. The first-order valence-corrected chi connectivity index (χ1v) is 11.9. The number of benzene rings is 1. The first-order chi connectivity index (χ1) is 16.5. The van der Waals surface area contributed by atoms with Crippen LogP contribution in [0.5, 0.6) is 5.75 Å². The van der Waals surface area contributed by atoms with Crippen LogP contribution in [0.2, 0.25) is 0 Å². The number of thiophene rings is 1. The molecule has 1 unspecified atom stereocenters. The van der Waals surface area contributed by atoms with Crippen LogP contribution < -0.4 is 10.2 Å². The molecule has 2 aromatic heterocycles. The van der Waals surface area contributed by atoms with E-state index in [0.29, 0.717) is 35.1 Å². The molecule has 3 aromatic rings. The van der Waals surface area contributed by atoms with Crippen molar-refractivity contribution < 1.29 is 19.1 Å². The van der Waals surface area contributed by atoms with Crippen LogP contribution in [-0.2, 0) is 11.2 Å². The van der Waals surface area contributed by atoms with Crippen LogP contribution in [0.3, 0.4) is 0 Å². The Kier molecular flexibility index (Phi) is 5.63. The van der Waals surface area contributed by atoms with Crippen molar-refractivity contribution in [1.29, 1.82) is 0 Å². The summed E-state index contributed by atoms with van der Waals surface area (Å²) in [4.78, 5) is 43.0. The van der Waals surface area contributed by atoms with Gasteiger partial charge in [0, 0.05) is 38.0 Å². The summed E-state index contributed by atoms with van der Waals surface area (Å²) in [6.07, 6.45) is 4.61. The van der Waals surface area contributed by atoms with E-state index in [1.54, 1.807) is 32.4 Å². The van der Waals surface area contributed by atoms with Crippen LogP contribution in [0.4, 0.5) is 0 Å². The van der Waals surface area contributed by atoms with E-state index in [9.17, 15) is 14.4 Å². The van der Waals surface area contributed by atoms with Gasteiger partial charge in [0.15, 0.2) is 11.5 Å². The van der Waals surface area contributed by atoms with Gasteiger partial charge in [-0.2, -0.15) is 0 Å². The number of ether oxygens (including phenoxy) is 2. The lowest BCUT2D eigenvalue weighted by Crippen LogP contribution is -2.23. The lowest BCUT2D eigenvalue weighted by molar-refractivity contribution is 0.0524. The molecule has 9 nitrogen and oxygen atoms in total. The van der Waals surface area contributed by atoms with Crippen molar-refractivity contribution in [1.82, 2.24) is 4.57 Å². The van der Waals surface area contributed by atoms with E-state index < -0.39 is 17.4 Å². The number of methoxy groups -OCH3 is 1. The van der Waals surface area contributed by atoms with E-state index in [1.807, 2.05) is 10.6 Å². The highest BCUT2D eigenvalue weighted by atomic mass is 32.1. The zero-order valence-electron chi connectivity index (χ0n) is 18.7. The Balaban J connectivity index is 1.70. The van der Waals surface area contributed by atoms with Crippen LogP contribution in [0, 0.1) is 0 Å². The van der Waals surface area contributed by atoms with Gasteiger partial charge in [0.05, 0.1) is 24.6 Å². The number of hydrogen-bond acceptors (Lipinski definition) is 7. The number of azide groups is 1. The van der Waals surface area contributed by atoms with Crippen LogP contribution >= 0.6 is 11.3 Å². The predicted molar refractivity (Wildman–Crippen MR) is 128 cm³/mol. The van der Waals surface area contributed by atoms with Gasteiger partial charge in [-0.25, -0.2) is 4.79 Å². The molecule has 34 heavy (non-hydrogen) atoms. The zero-order chi connectivity index (χ0) is 24.0. The first-order valence-electron chi connectivity index (χ1n) is 11.1. The van der Waals surface area contributed by atoms with E-state index in [-0.39, 0.29) is 24.0 Å². The van der Waals surface area contributed by atoms with Crippen LogP contribution in [0.1, 0.15) is 57.8 Å². The minimum atomic E-state index is -0.681. The second-order valence-corrected chi connectivity index (χ2v) is 9.48. The summed E-state index contributed by atoms with van der Waals surface area (Å²) < 4.78 is 12.9. The largest absolute Gasteiger partial charge is 0.494 e. The highest BCUT2D eigenvalue weighted by Gasteiger charge is 2.32. The SMILES string of the molecule is CCOC(=O)c1cn(C2CC2)c2c(OC)c(-c3cc4c(s3)CCC(N=[N+]=[N-])C4=O)ccc2c1=O. The second-order valence-electron chi connectivity index (χ2n) is 8.34. The highest BCUT2D eigenvalue weighted by Crippen LogP contribution is 2.45. The maximum atomic E-state index is 13.2. The van der Waals surface area contributed by atoms with Gasteiger partial charge in [-0.15, -0.1) is 11.3 Å². The quantitative estimate of drug-likeness (QED) is 0.212. The summed E-state index contributed by atoms with van der Waals surface area (Å²) >= 11 is 1.50. The Morgan fingerprint density at radius 1 is 1.26 bits per heavy atom. The Morgan fingerprint density at radius 3 is 2.74 bits per heavy atom. The molecule has 0 N–H and O–H groups in total. The van der Waals surface area contributed by atoms with Crippen molar-refractivity contribution in [3.63, 3.8) is 0 Å². The number of nitrogens with zero attached hydrogens (tertiary/aromatic N) is 4. The smallest absolute Gasteiger partial charge is 0.343 e. The molecule has 10 heteroatoms. The number of Topliss-reactive ketones (excluding diaryl/α,β-unsaturated/α-hetero) is 1. The molecule has 2 aliphatic rings. The average Bonchev–Trinajstić information content (AvgIpc) is 3.58. The number of hydrogen-bond donors (Lipinski definition) is 0. The summed E-state index contributed by atoms with van der Waals surface area (Å²) in [5.41, 5.74) is 10.3. The average molecular weight is 479 g/mol. The molecule has 0 radical (unpaired) electrons. The molecule has 1 saturated carbocycles. The Hall–Kier alpha value is -3.62. The zero-order valence-corrected chi connectivity index (χ0v) is 19.6. The maximum absolute atomic E-state index is 13.2. The molecule has 174 valence electrons. The molecule has 1 fully saturated rings. The van der Waals surface area contributed by atoms with E-state index in [2.05, 4.69) is 10.0 Å². The third-order valence-electron chi connectivity index (χ3n) is 6.27. The van der Waals surface area contributed by atoms with E-state index in [4.69, 9.17) is 15.0 Å². The van der Waals surface area contributed by atoms with Crippen molar-refractivity contribution >= 4 is 34.0 Å². The van der Waals surface area contributed by atoms with Crippen molar-refractivity contribution in [3.05, 3.63) is 61.1 Å². The normalized spacial score (nSPS) is 17.2. The highest BCUT2D eigenvalue weighted by molar-refractivity contribution is 7.16. The molecule has 1 atom stereocenters. The van der Waals surface area contributed by atoms with Crippen molar-refractivity contribution in [2.75, 3.05) is 13.7 Å². The lowest BCUT2D eigenvalue weighted by atomic mass is 9.93. The Bertz CT molecular complexity index is 1450. The number of ketones is 1. The maximum Gasteiger partial charge on any atom is 0.343 e. The van der Waals surface area contributed by atoms with Gasteiger partial charge in [-0.3, -0.25) is 9.59 Å². The predicted octanol–water partition coefficient (Wildman–Crippen LogP) is 5.06. The molecule has 1 aromatic carbocycles. The number of pyridine rings is 1. The fourth-order valence-corrected chi connectivity index (χ4v) is 5.72. The number of aromatic nitrogens is 1. The molecule has 0 spiro atoms. The van der Waals surface area contributed by atoms with Gasteiger partial charge in [0.1, 0.15) is 11.6 Å². The number of esters is 1. The summed E-state index contributed by atoms with van der Waals surface area (Å²) in [5.74, 6) is -0.282. The molecule has 0 saturated heterocycles. The summed E-state index contributed by atoms with van der Waals surface area (Å²) in [6, 6.07) is 4.81. The molecule has 5 rings (SSSR count). The topological polar surface area (TPSA) is 123 Å². The number of aryl methyl sites for hydroxylation is 1. The van der Waals surface area contributed by atoms with Gasteiger partial charge in [-0.1, -0.05) is 5.11 Å². The summed E-state index contributed by atoms with van der Waals surface area (Å²) in [5, 5.41) is 4.03. The van der Waals surface area contributed by atoms with Gasteiger partial charge in [0.25, 0.3) is 0 Å². The monoisotopic (exact) mass is 478 g/mol. The molecular formula is C24H22N4O5S. The Labute approximate surface area is 198 Å². The van der Waals surface area contributed by atoms with E-state index in [1.165, 1.54) is 11.3 Å². The molecule has 0 amide bonds. The number of carbonyl (C=O) groups is 2. The van der Waals surface area contributed by atoms with Gasteiger partial charge in [0.2, 0.25) is 5.43 Å². The van der Waals surface area contributed by atoms with Gasteiger partial charge >= 0.3 is 5.97 Å². The van der Waals surface area contributed by atoms with Crippen LogP contribution in [-0.4, -0.2) is 36.1 Å². The molecular weight excluding hydrogens is 456 g/mol. The molecule has 0 aliphatic heterocycles. The van der Waals surface area contributed by atoms with E-state index >= 15 is 0 Å². The number of rotatable bonds is 6. The van der Waals surface area contributed by atoms with Crippen molar-refractivity contribution in [2.45, 2.75) is 44.7 Å². The van der Waals surface area contributed by atoms with Crippen molar-refractivity contribution in [3.8, 4) is 16.2 Å². The molecule has 2 heterocycles. The van der Waals surface area contributed by atoms with Gasteiger partial charge < -0.3 is 14.0 Å². The van der Waals surface area contributed by atoms with Crippen LogP contribution in [0.15, 0.2) is 34.3 Å². The molecule has 2 aliphatic carbocycles.